The van der Waals surface area contributed by atoms with Crippen molar-refractivity contribution in [2.24, 2.45) is 0 Å². The van der Waals surface area contributed by atoms with Gasteiger partial charge in [-0.2, -0.15) is 0 Å². The van der Waals surface area contributed by atoms with Crippen molar-refractivity contribution in [3.63, 3.8) is 0 Å². The van der Waals surface area contributed by atoms with Gasteiger partial charge in [-0.15, -0.1) is 0 Å². The highest BCUT2D eigenvalue weighted by molar-refractivity contribution is 6.32. The Bertz CT molecular complexity index is 721. The number of carbonyl (C=O) groups excluding carboxylic acids is 2. The van der Waals surface area contributed by atoms with Gasteiger partial charge in [0.05, 0.1) is 18.4 Å². The Kier molecular flexibility index (Phi) is 5.54. The van der Waals surface area contributed by atoms with E-state index in [1.807, 2.05) is 0 Å². The summed E-state index contributed by atoms with van der Waals surface area (Å²) in [4.78, 5) is 27.5. The summed E-state index contributed by atoms with van der Waals surface area (Å²) in [5, 5.41) is 2.82. The molecule has 7 heteroatoms. The first-order valence-electron chi connectivity index (χ1n) is 6.77. The van der Waals surface area contributed by atoms with Crippen molar-refractivity contribution in [3.05, 3.63) is 53.3 Å². The number of hydrogen-bond acceptors (Lipinski definition) is 5. The number of anilines is 1. The lowest BCUT2D eigenvalue weighted by atomic mass is 10.2. The van der Waals surface area contributed by atoms with Crippen LogP contribution in [-0.4, -0.2) is 30.1 Å². The minimum Gasteiger partial charge on any atom is -0.481 e. The molecule has 0 radical (unpaired) electrons. The van der Waals surface area contributed by atoms with Gasteiger partial charge < -0.3 is 14.8 Å². The van der Waals surface area contributed by atoms with Crippen LogP contribution < -0.4 is 10.1 Å². The van der Waals surface area contributed by atoms with E-state index in [0.717, 1.165) is 0 Å². The van der Waals surface area contributed by atoms with Crippen LogP contribution in [0.5, 0.6) is 5.75 Å². The monoisotopic (exact) mass is 334 g/mol. The van der Waals surface area contributed by atoms with Crippen LogP contribution in [0.25, 0.3) is 0 Å². The van der Waals surface area contributed by atoms with Crippen LogP contribution in [0.3, 0.4) is 0 Å². The molecule has 0 unspecified atom stereocenters. The fourth-order valence-corrected chi connectivity index (χ4v) is 1.95. The molecule has 0 bridgehead atoms. The highest BCUT2D eigenvalue weighted by Gasteiger charge is 2.17. The van der Waals surface area contributed by atoms with Crippen LogP contribution in [0.15, 0.2) is 42.6 Å². The lowest BCUT2D eigenvalue weighted by molar-refractivity contribution is -0.122. The standard InChI is InChI=1S/C16H15ClN2O4/c1-10(15(20)19-13-7-4-8-18-14(13)17)23-12-6-3-5-11(9-12)16(21)22-2/h3-10H,1-2H3,(H,19,20)/t10-/m0/s1. The van der Waals surface area contributed by atoms with Crippen LogP contribution in [0.4, 0.5) is 5.69 Å². The van der Waals surface area contributed by atoms with E-state index in [0.29, 0.717) is 17.0 Å². The van der Waals surface area contributed by atoms with Crippen molar-refractivity contribution < 1.29 is 19.1 Å². The zero-order valence-electron chi connectivity index (χ0n) is 12.6. The number of hydrogen-bond donors (Lipinski definition) is 1. The molecule has 1 aromatic carbocycles. The minimum atomic E-state index is -0.792. The number of pyridine rings is 1. The fourth-order valence-electron chi connectivity index (χ4n) is 1.79. The minimum absolute atomic E-state index is 0.195. The Morgan fingerprint density at radius 3 is 2.74 bits per heavy atom. The molecular weight excluding hydrogens is 320 g/mol. The summed E-state index contributed by atoms with van der Waals surface area (Å²) in [6.45, 7) is 1.59. The van der Waals surface area contributed by atoms with Gasteiger partial charge in [-0.3, -0.25) is 4.79 Å². The molecule has 0 aliphatic rings. The number of halogens is 1. The molecule has 1 atom stereocenters. The van der Waals surface area contributed by atoms with E-state index in [4.69, 9.17) is 16.3 Å². The Balaban J connectivity index is 2.04. The zero-order valence-corrected chi connectivity index (χ0v) is 13.3. The lowest BCUT2D eigenvalue weighted by Gasteiger charge is -2.15. The summed E-state index contributed by atoms with van der Waals surface area (Å²) in [5.41, 5.74) is 0.742. The SMILES string of the molecule is COC(=O)c1cccc(O[C@@H](C)C(=O)Nc2cccnc2Cl)c1. The van der Waals surface area contributed by atoms with Gasteiger partial charge in [-0.05, 0) is 37.3 Å². The van der Waals surface area contributed by atoms with Crippen LogP contribution in [0.2, 0.25) is 5.15 Å². The van der Waals surface area contributed by atoms with E-state index in [1.54, 1.807) is 37.3 Å². The second-order valence-corrected chi connectivity index (χ2v) is 4.97. The van der Waals surface area contributed by atoms with Gasteiger partial charge in [-0.1, -0.05) is 17.7 Å². The summed E-state index contributed by atoms with van der Waals surface area (Å²) in [6.07, 6.45) is 0.732. The average Bonchev–Trinajstić information content (AvgIpc) is 2.56. The van der Waals surface area contributed by atoms with Crippen molar-refractivity contribution in [3.8, 4) is 5.75 Å². The number of amides is 1. The molecule has 1 heterocycles. The van der Waals surface area contributed by atoms with E-state index < -0.39 is 12.1 Å². The van der Waals surface area contributed by atoms with E-state index in [9.17, 15) is 9.59 Å². The first kappa shape index (κ1) is 16.8. The van der Waals surface area contributed by atoms with Crippen molar-refractivity contribution >= 4 is 29.2 Å². The number of nitrogens with one attached hydrogen (secondary N) is 1. The van der Waals surface area contributed by atoms with Gasteiger partial charge in [0, 0.05) is 6.20 Å². The van der Waals surface area contributed by atoms with Crippen LogP contribution >= 0.6 is 11.6 Å². The normalized spacial score (nSPS) is 11.4. The Morgan fingerprint density at radius 2 is 2.04 bits per heavy atom. The lowest BCUT2D eigenvalue weighted by Crippen LogP contribution is -2.30. The zero-order chi connectivity index (χ0) is 16.8. The molecule has 0 saturated heterocycles. The van der Waals surface area contributed by atoms with E-state index in [2.05, 4.69) is 15.0 Å². The number of methoxy groups -OCH3 is 1. The first-order chi connectivity index (χ1) is 11.0. The smallest absolute Gasteiger partial charge is 0.337 e. The van der Waals surface area contributed by atoms with Gasteiger partial charge in [0.2, 0.25) is 0 Å². The maximum atomic E-state index is 12.1. The first-order valence-corrected chi connectivity index (χ1v) is 7.15. The summed E-state index contributed by atoms with van der Waals surface area (Å²) in [7, 11) is 1.30. The van der Waals surface area contributed by atoms with Crippen molar-refractivity contribution in [2.45, 2.75) is 13.0 Å². The number of ether oxygens (including phenoxy) is 2. The van der Waals surface area contributed by atoms with Gasteiger partial charge in [0.15, 0.2) is 11.3 Å². The summed E-state index contributed by atoms with van der Waals surface area (Å²) in [5.74, 6) is -0.481. The molecule has 0 aliphatic carbocycles. The molecule has 1 N–H and O–H groups in total. The average molecular weight is 335 g/mol. The number of benzene rings is 1. The predicted molar refractivity (Wildman–Crippen MR) is 85.7 cm³/mol. The largest absolute Gasteiger partial charge is 0.481 e. The molecule has 0 spiro atoms. The van der Waals surface area contributed by atoms with Crippen LogP contribution in [0, 0.1) is 0 Å². The quantitative estimate of drug-likeness (QED) is 0.672. The summed E-state index contributed by atoms with van der Waals surface area (Å²) in [6, 6.07) is 9.69. The highest BCUT2D eigenvalue weighted by Crippen LogP contribution is 2.19. The molecule has 2 aromatic rings. The molecule has 0 aliphatic heterocycles. The van der Waals surface area contributed by atoms with E-state index in [-0.39, 0.29) is 11.1 Å². The molecule has 23 heavy (non-hydrogen) atoms. The third-order valence-electron chi connectivity index (χ3n) is 2.95. The van der Waals surface area contributed by atoms with Gasteiger partial charge >= 0.3 is 5.97 Å². The van der Waals surface area contributed by atoms with Gasteiger partial charge in [-0.25, -0.2) is 9.78 Å². The van der Waals surface area contributed by atoms with E-state index in [1.165, 1.54) is 19.4 Å². The molecule has 0 saturated carbocycles. The molecule has 1 aromatic heterocycles. The second-order valence-electron chi connectivity index (χ2n) is 4.61. The van der Waals surface area contributed by atoms with Gasteiger partial charge in [0.1, 0.15) is 5.75 Å². The molecule has 1 amide bonds. The van der Waals surface area contributed by atoms with Crippen LogP contribution in [-0.2, 0) is 9.53 Å². The third-order valence-corrected chi connectivity index (χ3v) is 3.26. The Labute approximate surface area is 138 Å². The Hall–Kier alpha value is -2.60. The predicted octanol–water partition coefficient (Wildman–Crippen LogP) is 2.93. The van der Waals surface area contributed by atoms with Gasteiger partial charge in [0.25, 0.3) is 5.91 Å². The van der Waals surface area contributed by atoms with Crippen molar-refractivity contribution in [1.82, 2.24) is 4.98 Å². The topological polar surface area (TPSA) is 77.5 Å². The van der Waals surface area contributed by atoms with E-state index >= 15 is 0 Å². The summed E-state index contributed by atoms with van der Waals surface area (Å²) < 4.78 is 10.2. The summed E-state index contributed by atoms with van der Waals surface area (Å²) >= 11 is 5.89. The Morgan fingerprint density at radius 1 is 1.26 bits per heavy atom. The number of carbonyl (C=O) groups is 2. The molecular formula is C16H15ClN2O4. The maximum Gasteiger partial charge on any atom is 0.337 e. The van der Waals surface area contributed by atoms with Crippen molar-refractivity contribution in [1.29, 1.82) is 0 Å². The third kappa shape index (κ3) is 4.43. The highest BCUT2D eigenvalue weighted by atomic mass is 35.5. The van der Waals surface area contributed by atoms with Crippen LogP contribution in [0.1, 0.15) is 17.3 Å². The fraction of sp³-hybridized carbons (Fsp3) is 0.188. The van der Waals surface area contributed by atoms with Crippen molar-refractivity contribution in [2.75, 3.05) is 12.4 Å². The maximum absolute atomic E-state index is 12.1. The molecule has 2 rings (SSSR count). The molecule has 0 fully saturated rings. The number of rotatable bonds is 5. The number of aromatic nitrogens is 1. The second kappa shape index (κ2) is 7.60. The molecule has 6 nitrogen and oxygen atoms in total. The molecule has 120 valence electrons. The number of esters is 1. The number of nitrogens with zero attached hydrogens (tertiary/aromatic N) is 1.